The van der Waals surface area contributed by atoms with Crippen LogP contribution in [0.25, 0.3) is 38.9 Å². The minimum absolute atomic E-state index is 0.554. The van der Waals surface area contributed by atoms with Crippen molar-refractivity contribution in [1.29, 1.82) is 0 Å². The molecule has 5 aromatic rings. The van der Waals surface area contributed by atoms with Crippen molar-refractivity contribution in [3.8, 4) is 22.4 Å². The van der Waals surface area contributed by atoms with Crippen LogP contribution in [0.5, 0.6) is 0 Å². The van der Waals surface area contributed by atoms with Gasteiger partial charge in [0.05, 0.1) is 22.9 Å². The number of nitrogens with one attached hydrogen (secondary N) is 1. The Labute approximate surface area is 154 Å². The summed E-state index contributed by atoms with van der Waals surface area (Å²) in [6.45, 7) is 0. The largest absolute Gasteiger partial charge is 0.329 e. The Bertz CT molecular complexity index is 1290. The molecule has 5 rings (SSSR count). The Morgan fingerprint density at radius 3 is 2.23 bits per heavy atom. The Hall–Kier alpha value is -3.31. The summed E-state index contributed by atoms with van der Waals surface area (Å²) in [6, 6.07) is 24.9. The monoisotopic (exact) mass is 354 g/mol. The smallest absolute Gasteiger partial charge is 0.164 e. The van der Waals surface area contributed by atoms with Gasteiger partial charge in [-0.05, 0) is 23.3 Å². The molecule has 0 unspecified atom stereocenters. The van der Waals surface area contributed by atoms with Gasteiger partial charge in [-0.3, -0.25) is 0 Å². The van der Waals surface area contributed by atoms with E-state index in [9.17, 15) is 0 Å². The number of rotatable bonds is 2. The summed E-state index contributed by atoms with van der Waals surface area (Å²) in [5.41, 5.74) is 6.09. The van der Waals surface area contributed by atoms with E-state index in [0.29, 0.717) is 4.64 Å². The van der Waals surface area contributed by atoms with Gasteiger partial charge in [-0.2, -0.15) is 0 Å². The van der Waals surface area contributed by atoms with Gasteiger partial charge in [-0.1, -0.05) is 72.9 Å². The molecule has 0 radical (unpaired) electrons. The lowest BCUT2D eigenvalue weighted by Gasteiger charge is -2.09. The highest BCUT2D eigenvalue weighted by Crippen LogP contribution is 2.31. The summed E-state index contributed by atoms with van der Waals surface area (Å²) in [6.07, 6.45) is 1.59. The molecule has 26 heavy (non-hydrogen) atoms. The fourth-order valence-electron chi connectivity index (χ4n) is 3.29. The van der Waals surface area contributed by atoms with E-state index in [2.05, 4.69) is 46.4 Å². The number of benzene rings is 2. The first-order chi connectivity index (χ1) is 12.8. The van der Waals surface area contributed by atoms with Gasteiger partial charge in [0, 0.05) is 5.56 Å². The quantitative estimate of drug-likeness (QED) is 0.439. The molecule has 0 saturated heterocycles. The summed E-state index contributed by atoms with van der Waals surface area (Å²) in [5.74, 6) is 0. The van der Waals surface area contributed by atoms with Crippen LogP contribution in [-0.2, 0) is 0 Å². The van der Waals surface area contributed by atoms with Crippen molar-refractivity contribution in [2.45, 2.75) is 0 Å². The van der Waals surface area contributed by atoms with Crippen LogP contribution >= 0.6 is 12.2 Å². The highest BCUT2D eigenvalue weighted by atomic mass is 32.1. The summed E-state index contributed by atoms with van der Waals surface area (Å²) in [4.78, 5) is 7.35. The molecule has 0 aliphatic carbocycles. The van der Waals surface area contributed by atoms with Crippen molar-refractivity contribution in [1.82, 2.24) is 19.6 Å². The van der Waals surface area contributed by atoms with Crippen LogP contribution in [0.2, 0.25) is 0 Å². The van der Waals surface area contributed by atoms with Gasteiger partial charge in [-0.15, -0.1) is 5.10 Å². The van der Waals surface area contributed by atoms with Crippen molar-refractivity contribution >= 4 is 28.8 Å². The number of fused-ring (bicyclic) bond motifs is 3. The molecule has 124 valence electrons. The molecule has 0 saturated carbocycles. The lowest BCUT2D eigenvalue weighted by atomic mass is 10.0. The maximum Gasteiger partial charge on any atom is 0.164 e. The molecule has 0 fully saturated rings. The number of pyridine rings is 1. The minimum Gasteiger partial charge on any atom is -0.329 e. The summed E-state index contributed by atoms with van der Waals surface area (Å²) >= 11 is 5.47. The average molecular weight is 354 g/mol. The molecule has 3 heterocycles. The second-order valence-electron chi connectivity index (χ2n) is 6.09. The number of H-pyrrole nitrogens is 1. The van der Waals surface area contributed by atoms with E-state index >= 15 is 0 Å². The molecule has 0 spiro atoms. The molecule has 0 aliphatic heterocycles. The van der Waals surface area contributed by atoms with E-state index in [4.69, 9.17) is 17.3 Å². The average Bonchev–Trinajstić information content (AvgIpc) is 3.08. The highest BCUT2D eigenvalue weighted by molar-refractivity contribution is 7.71. The van der Waals surface area contributed by atoms with Gasteiger partial charge < -0.3 is 4.98 Å². The third kappa shape index (κ3) is 2.33. The molecule has 0 atom stereocenters. The van der Waals surface area contributed by atoms with Gasteiger partial charge in [0.1, 0.15) is 4.64 Å². The van der Waals surface area contributed by atoms with E-state index in [0.717, 1.165) is 38.9 Å². The SMILES string of the molecule is S=c1nc[nH]c2nn3c(-c4ccccc4)cc(-c4ccccc4)cc3c12. The molecule has 5 heteroatoms. The van der Waals surface area contributed by atoms with E-state index in [1.54, 1.807) is 6.33 Å². The van der Waals surface area contributed by atoms with E-state index in [1.165, 1.54) is 0 Å². The molecule has 0 bridgehead atoms. The van der Waals surface area contributed by atoms with Crippen LogP contribution in [0.4, 0.5) is 0 Å². The third-order valence-electron chi connectivity index (χ3n) is 4.51. The van der Waals surface area contributed by atoms with Crippen molar-refractivity contribution in [3.05, 3.63) is 83.8 Å². The zero-order valence-electron chi connectivity index (χ0n) is 13.8. The molecular weight excluding hydrogens is 340 g/mol. The van der Waals surface area contributed by atoms with Crippen LogP contribution < -0.4 is 0 Å². The van der Waals surface area contributed by atoms with Gasteiger partial charge >= 0.3 is 0 Å². The zero-order chi connectivity index (χ0) is 17.5. The van der Waals surface area contributed by atoms with E-state index in [1.807, 2.05) is 40.9 Å². The normalized spacial score (nSPS) is 11.2. The molecule has 1 N–H and O–H groups in total. The van der Waals surface area contributed by atoms with E-state index in [-0.39, 0.29) is 0 Å². The van der Waals surface area contributed by atoms with Crippen molar-refractivity contribution < 1.29 is 0 Å². The van der Waals surface area contributed by atoms with Crippen LogP contribution in [0.15, 0.2) is 79.1 Å². The summed E-state index contributed by atoms with van der Waals surface area (Å²) in [7, 11) is 0. The van der Waals surface area contributed by atoms with Gasteiger partial charge in [-0.25, -0.2) is 9.50 Å². The summed E-state index contributed by atoms with van der Waals surface area (Å²) in [5, 5.41) is 5.61. The molecule has 3 aromatic heterocycles. The maximum atomic E-state index is 5.47. The second kappa shape index (κ2) is 5.89. The predicted octanol–water partition coefficient (Wildman–Crippen LogP) is 5.27. The number of aromatic amines is 1. The van der Waals surface area contributed by atoms with Gasteiger partial charge in [0.25, 0.3) is 0 Å². The topological polar surface area (TPSA) is 46.0 Å². The first kappa shape index (κ1) is 15.0. The van der Waals surface area contributed by atoms with Crippen LogP contribution in [0, 0.1) is 4.64 Å². The van der Waals surface area contributed by atoms with Crippen molar-refractivity contribution in [3.63, 3.8) is 0 Å². The predicted molar refractivity (Wildman–Crippen MR) is 107 cm³/mol. The Balaban J connectivity index is 1.94. The van der Waals surface area contributed by atoms with Gasteiger partial charge in [0.15, 0.2) is 5.65 Å². The minimum atomic E-state index is 0.554. The number of hydrogen-bond acceptors (Lipinski definition) is 3. The number of hydrogen-bond donors (Lipinski definition) is 1. The first-order valence-electron chi connectivity index (χ1n) is 8.32. The zero-order valence-corrected chi connectivity index (χ0v) is 14.6. The fraction of sp³-hybridized carbons (Fsp3) is 0. The number of nitrogens with zero attached hydrogens (tertiary/aromatic N) is 3. The molecule has 0 aliphatic rings. The van der Waals surface area contributed by atoms with Crippen molar-refractivity contribution in [2.75, 3.05) is 0 Å². The highest BCUT2D eigenvalue weighted by Gasteiger charge is 2.14. The number of aromatic nitrogens is 4. The van der Waals surface area contributed by atoms with Crippen LogP contribution in [-0.4, -0.2) is 19.6 Å². The lowest BCUT2D eigenvalue weighted by Crippen LogP contribution is -1.95. The first-order valence-corrected chi connectivity index (χ1v) is 8.73. The van der Waals surface area contributed by atoms with Crippen LogP contribution in [0.1, 0.15) is 0 Å². The molecule has 2 aromatic carbocycles. The Kier molecular flexibility index (Phi) is 3.40. The maximum absolute atomic E-state index is 5.47. The fourth-order valence-corrected chi connectivity index (χ4v) is 3.54. The second-order valence-corrected chi connectivity index (χ2v) is 6.48. The van der Waals surface area contributed by atoms with Crippen molar-refractivity contribution in [2.24, 2.45) is 0 Å². The van der Waals surface area contributed by atoms with Gasteiger partial charge in [0.2, 0.25) is 0 Å². The molecular formula is C21H14N4S. The summed E-state index contributed by atoms with van der Waals surface area (Å²) < 4.78 is 2.50. The van der Waals surface area contributed by atoms with E-state index < -0.39 is 0 Å². The third-order valence-corrected chi connectivity index (χ3v) is 4.82. The van der Waals surface area contributed by atoms with Crippen LogP contribution in [0.3, 0.4) is 0 Å². The lowest BCUT2D eigenvalue weighted by molar-refractivity contribution is 0.977. The Morgan fingerprint density at radius 2 is 1.50 bits per heavy atom. The molecule has 0 amide bonds. The Morgan fingerprint density at radius 1 is 0.808 bits per heavy atom. The molecule has 4 nitrogen and oxygen atoms in total. The standard InChI is InChI=1S/C21H14N4S/c26-21-19-18-12-16(14-7-3-1-4-8-14)11-17(15-9-5-2-6-10-15)25(18)24-20(19)22-13-23-21/h1-13H,(H,22,23,24,26).